The van der Waals surface area contributed by atoms with Crippen molar-refractivity contribution in [3.63, 3.8) is 0 Å². The predicted octanol–water partition coefficient (Wildman–Crippen LogP) is 1.86. The second-order valence-electron chi connectivity index (χ2n) is 0.527. The largest absolute Gasteiger partial charge is 0.340 e. The van der Waals surface area contributed by atoms with Crippen LogP contribution in [-0.2, 0) is 4.52 Å². The van der Waals surface area contributed by atoms with Crippen molar-refractivity contribution in [2.45, 2.75) is 0 Å². The Hall–Kier alpha value is 0.610. The third kappa shape index (κ3) is 2.83. The van der Waals surface area contributed by atoms with Crippen LogP contribution in [0, 0.1) is 11.1 Å². The molecule has 34 valence electrons. The summed E-state index contributed by atoms with van der Waals surface area (Å²) in [6.07, 6.45) is 0. The summed E-state index contributed by atoms with van der Waals surface area (Å²) in [7, 11) is 1.53. The molecule has 0 amide bonds. The molecule has 1 atom stereocenters. The zero-order valence-corrected chi connectivity index (χ0v) is 6.23. The molecule has 0 bridgehead atoms. The molecule has 0 N–H and O–H groups in total. The Bertz CT molecular complexity index is 70.4. The summed E-state index contributed by atoms with van der Waals surface area (Å²) < 4.78 is 4.59. The Kier molecular flexibility index (Phi) is 4.17. The van der Waals surface area contributed by atoms with E-state index in [-0.39, 0.29) is 0 Å². The van der Waals surface area contributed by atoms with Crippen LogP contribution in [0.2, 0.25) is 0 Å². The van der Waals surface area contributed by atoms with Gasteiger partial charge >= 0.3 is 0 Å². The molecule has 0 saturated carbocycles. The molecule has 0 aliphatic heterocycles. The summed E-state index contributed by atoms with van der Waals surface area (Å²) in [5, 5.41) is 7.98. The standard InChI is InChI=1S/C2H3INOP/c1-5-6(3)2-4/h1H3. The van der Waals surface area contributed by atoms with Crippen LogP contribution in [0.1, 0.15) is 0 Å². The van der Waals surface area contributed by atoms with Crippen molar-refractivity contribution < 1.29 is 4.52 Å². The third-order valence-electron chi connectivity index (χ3n) is 0.239. The molecule has 0 aromatic carbocycles. The molecule has 4 heteroatoms. The molecule has 0 aromatic rings. The van der Waals surface area contributed by atoms with Crippen LogP contribution >= 0.6 is 27.8 Å². The van der Waals surface area contributed by atoms with Crippen LogP contribution in [0.4, 0.5) is 0 Å². The van der Waals surface area contributed by atoms with E-state index in [1.165, 1.54) is 7.11 Å². The first kappa shape index (κ1) is 6.61. The average Bonchev–Trinajstić information content (AvgIpc) is 1.65. The van der Waals surface area contributed by atoms with Gasteiger partial charge in [0, 0.05) is 7.11 Å². The van der Waals surface area contributed by atoms with Crippen molar-refractivity contribution in [1.82, 2.24) is 0 Å². The normalized spacial score (nSPS) is 12.8. The average molecular weight is 215 g/mol. The van der Waals surface area contributed by atoms with Crippen molar-refractivity contribution in [3.8, 4) is 5.81 Å². The molecule has 6 heavy (non-hydrogen) atoms. The molecule has 0 aromatic heterocycles. The highest BCUT2D eigenvalue weighted by Gasteiger charge is 1.92. The molecule has 1 unspecified atom stereocenters. The fourth-order valence-electron chi connectivity index (χ4n) is 0.0408. The van der Waals surface area contributed by atoms with Crippen molar-refractivity contribution in [3.05, 3.63) is 0 Å². The molecule has 0 aliphatic rings. The minimum Gasteiger partial charge on any atom is -0.340 e. The van der Waals surface area contributed by atoms with E-state index < -0.39 is 5.79 Å². The Morgan fingerprint density at radius 1 is 2.00 bits per heavy atom. The number of halogens is 1. The molecule has 0 spiro atoms. The van der Waals surface area contributed by atoms with E-state index in [9.17, 15) is 0 Å². The quantitative estimate of drug-likeness (QED) is 0.493. The lowest BCUT2D eigenvalue weighted by Crippen LogP contribution is -1.57. The predicted molar refractivity (Wildman–Crippen MR) is 33.6 cm³/mol. The lowest BCUT2D eigenvalue weighted by atomic mass is 11.8. The minimum atomic E-state index is -0.801. The van der Waals surface area contributed by atoms with E-state index in [4.69, 9.17) is 5.26 Å². The van der Waals surface area contributed by atoms with Gasteiger partial charge in [0.1, 0.15) is 5.81 Å². The maximum atomic E-state index is 7.98. The number of rotatable bonds is 1. The number of hydrogen-bond acceptors (Lipinski definition) is 2. The van der Waals surface area contributed by atoms with Crippen molar-refractivity contribution in [2.75, 3.05) is 7.11 Å². The zero-order chi connectivity index (χ0) is 4.99. The van der Waals surface area contributed by atoms with Gasteiger partial charge in [-0.2, -0.15) is 5.26 Å². The van der Waals surface area contributed by atoms with E-state index >= 15 is 0 Å². The van der Waals surface area contributed by atoms with Crippen molar-refractivity contribution >= 4 is 27.8 Å². The van der Waals surface area contributed by atoms with Gasteiger partial charge in [-0.3, -0.25) is 0 Å². The molecule has 0 aliphatic carbocycles. The van der Waals surface area contributed by atoms with Gasteiger partial charge in [0.25, 0.3) is 0 Å². The second-order valence-corrected chi connectivity index (χ2v) is 4.21. The lowest BCUT2D eigenvalue weighted by Gasteiger charge is -1.87. The third-order valence-corrected chi connectivity index (χ3v) is 2.55. The number of hydrogen-bond donors (Lipinski definition) is 0. The number of nitrogens with zero attached hydrogens (tertiary/aromatic N) is 1. The van der Waals surface area contributed by atoms with E-state index in [2.05, 4.69) is 4.52 Å². The Morgan fingerprint density at radius 2 is 2.50 bits per heavy atom. The molecule has 0 radical (unpaired) electrons. The van der Waals surface area contributed by atoms with Gasteiger partial charge in [-0.1, -0.05) is 0 Å². The smallest absolute Gasteiger partial charge is 0.202 e. The van der Waals surface area contributed by atoms with Gasteiger partial charge < -0.3 is 4.52 Å². The zero-order valence-electron chi connectivity index (χ0n) is 3.18. The molecular formula is C2H3INOP. The van der Waals surface area contributed by atoms with Crippen molar-refractivity contribution in [1.29, 1.82) is 5.26 Å². The number of nitriles is 1. The summed E-state index contributed by atoms with van der Waals surface area (Å²) in [6, 6.07) is 0. The highest BCUT2D eigenvalue weighted by Crippen LogP contribution is 2.42. The molecule has 0 rings (SSSR count). The van der Waals surface area contributed by atoms with Crippen LogP contribution in [0.25, 0.3) is 0 Å². The topological polar surface area (TPSA) is 33.0 Å². The van der Waals surface area contributed by atoms with Crippen LogP contribution in [0.5, 0.6) is 0 Å². The molecule has 0 heterocycles. The lowest BCUT2D eigenvalue weighted by molar-refractivity contribution is 0.480. The van der Waals surface area contributed by atoms with Crippen LogP contribution in [-0.4, -0.2) is 7.11 Å². The molecular weight excluding hydrogens is 212 g/mol. The first-order valence-corrected chi connectivity index (χ1v) is 5.25. The highest BCUT2D eigenvalue weighted by molar-refractivity contribution is 14.2. The minimum absolute atomic E-state index is 0.801. The van der Waals surface area contributed by atoms with Gasteiger partial charge in [-0.25, -0.2) is 0 Å². The first-order valence-electron chi connectivity index (χ1n) is 1.21. The van der Waals surface area contributed by atoms with Gasteiger partial charge in [-0.15, -0.1) is 0 Å². The molecule has 0 saturated heterocycles. The van der Waals surface area contributed by atoms with Gasteiger partial charge in [0.2, 0.25) is 5.79 Å². The van der Waals surface area contributed by atoms with E-state index in [0.29, 0.717) is 0 Å². The van der Waals surface area contributed by atoms with E-state index in [0.717, 1.165) is 0 Å². The fraction of sp³-hybridized carbons (Fsp3) is 0.500. The van der Waals surface area contributed by atoms with E-state index in [1.54, 1.807) is 0 Å². The maximum Gasteiger partial charge on any atom is 0.202 e. The highest BCUT2D eigenvalue weighted by atomic mass is 127. The van der Waals surface area contributed by atoms with Gasteiger partial charge in [0.05, 0.1) is 0 Å². The summed E-state index contributed by atoms with van der Waals surface area (Å²) in [6.45, 7) is 0. The van der Waals surface area contributed by atoms with Gasteiger partial charge in [-0.05, 0) is 22.0 Å². The fourth-order valence-corrected chi connectivity index (χ4v) is 0.122. The van der Waals surface area contributed by atoms with Crippen LogP contribution < -0.4 is 0 Å². The summed E-state index contributed by atoms with van der Waals surface area (Å²) in [4.78, 5) is 0. The summed E-state index contributed by atoms with van der Waals surface area (Å²) in [5.41, 5.74) is 0. The molecule has 0 fully saturated rings. The van der Waals surface area contributed by atoms with Crippen LogP contribution in [0.3, 0.4) is 0 Å². The Labute approximate surface area is 50.8 Å². The SMILES string of the molecule is COP(I)C#N. The summed E-state index contributed by atoms with van der Waals surface area (Å²) >= 11 is 1.95. The van der Waals surface area contributed by atoms with E-state index in [1.807, 2.05) is 27.9 Å². The van der Waals surface area contributed by atoms with Crippen molar-refractivity contribution in [2.24, 2.45) is 0 Å². The van der Waals surface area contributed by atoms with Gasteiger partial charge in [0.15, 0.2) is 0 Å². The Balaban J connectivity index is 3.04. The summed E-state index contributed by atoms with van der Waals surface area (Å²) in [5.74, 6) is 1.14. The molecule has 2 nitrogen and oxygen atoms in total. The maximum absolute atomic E-state index is 7.98. The second kappa shape index (κ2) is 3.79. The monoisotopic (exact) mass is 215 g/mol. The van der Waals surface area contributed by atoms with Crippen LogP contribution in [0.15, 0.2) is 0 Å². The Morgan fingerprint density at radius 3 is 2.50 bits per heavy atom. The first-order chi connectivity index (χ1) is 2.81.